The predicted molar refractivity (Wildman–Crippen MR) is 80.3 cm³/mol. The van der Waals surface area contributed by atoms with E-state index in [-0.39, 0.29) is 17.8 Å². The van der Waals surface area contributed by atoms with Gasteiger partial charge in [-0.2, -0.15) is 0 Å². The minimum absolute atomic E-state index is 0.0953. The molecule has 1 N–H and O–H groups in total. The first-order valence-corrected chi connectivity index (χ1v) is 7.57. The highest BCUT2D eigenvalue weighted by atomic mass is 16.6. The smallest absolute Gasteiger partial charge is 0.320 e. The Morgan fingerprint density at radius 2 is 2.04 bits per heavy atom. The van der Waals surface area contributed by atoms with Gasteiger partial charge in [-0.25, -0.2) is 0 Å². The van der Waals surface area contributed by atoms with Crippen molar-refractivity contribution in [1.82, 2.24) is 5.32 Å². The molecular formula is C16H12N2O7. The third kappa shape index (κ3) is 2.16. The molecule has 1 aromatic carbocycles. The molecule has 3 aliphatic heterocycles. The average Bonchev–Trinajstić information content (AvgIpc) is 3.24. The summed E-state index contributed by atoms with van der Waals surface area (Å²) < 4.78 is 10.4. The van der Waals surface area contributed by atoms with Crippen LogP contribution >= 0.6 is 0 Å². The number of esters is 2. The minimum atomic E-state index is -1.17. The van der Waals surface area contributed by atoms with Crippen LogP contribution in [-0.2, 0) is 19.1 Å². The fourth-order valence-corrected chi connectivity index (χ4v) is 3.65. The van der Waals surface area contributed by atoms with Gasteiger partial charge in [0.15, 0.2) is 0 Å². The monoisotopic (exact) mass is 344 g/mol. The normalized spacial score (nSPS) is 31.8. The summed E-state index contributed by atoms with van der Waals surface area (Å²) in [7, 11) is 0. The summed E-state index contributed by atoms with van der Waals surface area (Å²) in [5.74, 6) is -3.50. The lowest BCUT2D eigenvalue weighted by Gasteiger charge is -2.27. The Bertz CT molecular complexity index is 849. The average molecular weight is 344 g/mol. The predicted octanol–water partition coefficient (Wildman–Crippen LogP) is 0.348. The first-order chi connectivity index (χ1) is 11.9. The molecule has 0 unspecified atom stereocenters. The number of para-hydroxylation sites is 1. The fourth-order valence-electron chi connectivity index (χ4n) is 3.65. The maximum absolute atomic E-state index is 12.4. The van der Waals surface area contributed by atoms with Gasteiger partial charge in [-0.1, -0.05) is 24.3 Å². The molecule has 3 aliphatic rings. The van der Waals surface area contributed by atoms with Crippen molar-refractivity contribution in [3.8, 4) is 0 Å². The Kier molecular flexibility index (Phi) is 3.22. The summed E-state index contributed by atoms with van der Waals surface area (Å²) in [5.41, 5.74) is -1.59. The molecule has 0 saturated carbocycles. The van der Waals surface area contributed by atoms with Crippen LogP contribution < -0.4 is 5.32 Å². The van der Waals surface area contributed by atoms with Crippen molar-refractivity contribution >= 4 is 23.5 Å². The number of amides is 1. The Morgan fingerprint density at radius 1 is 1.28 bits per heavy atom. The number of nitrogens with zero attached hydrogens (tertiary/aromatic N) is 1. The minimum Gasteiger partial charge on any atom is -0.393 e. The number of benzene rings is 1. The van der Waals surface area contributed by atoms with E-state index in [0.717, 1.165) is 0 Å². The summed E-state index contributed by atoms with van der Waals surface area (Å²) in [6.07, 6.45) is 2.74. The summed E-state index contributed by atoms with van der Waals surface area (Å²) in [6, 6.07) is 5.54. The SMILES string of the molecule is O=C(NC[C@]12C=C[C@H](O1)[C@@H]1C(=O)OC(=O)[C@@H]12)c1ccccc1[N+](=O)[O-]. The standard InChI is InChI=1S/C16H12N2O7/c19-13(8-3-1-2-4-9(8)18(22)23)17-7-16-6-5-10(25-16)11-12(16)15(21)24-14(11)20/h1-6,10-12H,7H2,(H,17,19)/t10-,11-,12+,16-/m0/s1. The van der Waals surface area contributed by atoms with Crippen molar-refractivity contribution in [2.24, 2.45) is 11.8 Å². The maximum atomic E-state index is 12.4. The van der Waals surface area contributed by atoms with E-state index in [2.05, 4.69) is 10.1 Å². The lowest BCUT2D eigenvalue weighted by Crippen LogP contribution is -2.47. The molecule has 0 aromatic heterocycles. The van der Waals surface area contributed by atoms with Crippen LogP contribution in [0.25, 0.3) is 0 Å². The van der Waals surface area contributed by atoms with Gasteiger partial charge in [0.2, 0.25) is 0 Å². The van der Waals surface area contributed by atoms with E-state index in [1.807, 2.05) is 0 Å². The molecule has 25 heavy (non-hydrogen) atoms. The van der Waals surface area contributed by atoms with Gasteiger partial charge < -0.3 is 14.8 Å². The highest BCUT2D eigenvalue weighted by Crippen LogP contribution is 2.50. The Morgan fingerprint density at radius 3 is 2.80 bits per heavy atom. The van der Waals surface area contributed by atoms with Crippen molar-refractivity contribution in [2.45, 2.75) is 11.7 Å². The molecule has 4 atom stereocenters. The number of carbonyl (C=O) groups excluding carboxylic acids is 3. The summed E-state index contributed by atoms with van der Waals surface area (Å²) >= 11 is 0. The van der Waals surface area contributed by atoms with Crippen molar-refractivity contribution < 1.29 is 28.8 Å². The zero-order chi connectivity index (χ0) is 17.8. The van der Waals surface area contributed by atoms with Crippen LogP contribution in [-0.4, -0.2) is 41.0 Å². The van der Waals surface area contributed by atoms with Crippen LogP contribution in [0.5, 0.6) is 0 Å². The Labute approximate surface area is 140 Å². The number of ether oxygens (including phenoxy) is 2. The molecule has 0 spiro atoms. The zero-order valence-electron chi connectivity index (χ0n) is 12.7. The largest absolute Gasteiger partial charge is 0.393 e. The van der Waals surface area contributed by atoms with Crippen LogP contribution in [0.15, 0.2) is 36.4 Å². The number of rotatable bonds is 4. The van der Waals surface area contributed by atoms with Gasteiger partial charge in [0.05, 0.1) is 17.6 Å². The van der Waals surface area contributed by atoms with Crippen LogP contribution in [0.3, 0.4) is 0 Å². The van der Waals surface area contributed by atoms with Gasteiger partial charge in [-0.05, 0) is 6.07 Å². The van der Waals surface area contributed by atoms with Crippen LogP contribution in [0.1, 0.15) is 10.4 Å². The molecule has 4 rings (SSSR count). The lowest BCUT2D eigenvalue weighted by atomic mass is 9.77. The second kappa shape index (κ2) is 5.21. The zero-order valence-corrected chi connectivity index (χ0v) is 12.7. The summed E-state index contributed by atoms with van der Waals surface area (Å²) in [6.45, 7) is -0.103. The van der Waals surface area contributed by atoms with Crippen LogP contribution in [0.4, 0.5) is 5.69 Å². The van der Waals surface area contributed by atoms with Crippen molar-refractivity contribution in [2.75, 3.05) is 6.54 Å². The van der Waals surface area contributed by atoms with E-state index in [9.17, 15) is 24.5 Å². The first-order valence-electron chi connectivity index (χ1n) is 7.57. The highest BCUT2D eigenvalue weighted by Gasteiger charge is 2.67. The van der Waals surface area contributed by atoms with E-state index in [0.29, 0.717) is 0 Å². The quantitative estimate of drug-likeness (QED) is 0.275. The van der Waals surface area contributed by atoms with Gasteiger partial charge in [0.25, 0.3) is 11.6 Å². The van der Waals surface area contributed by atoms with Gasteiger partial charge >= 0.3 is 11.9 Å². The van der Waals surface area contributed by atoms with Crippen molar-refractivity contribution in [3.05, 3.63) is 52.1 Å². The van der Waals surface area contributed by atoms with E-state index in [1.54, 1.807) is 12.2 Å². The third-order valence-electron chi connectivity index (χ3n) is 4.76. The van der Waals surface area contributed by atoms with Crippen molar-refractivity contribution in [3.63, 3.8) is 0 Å². The number of fused-ring (bicyclic) bond motifs is 5. The molecule has 2 saturated heterocycles. The molecule has 1 aromatic rings. The maximum Gasteiger partial charge on any atom is 0.320 e. The first kappa shape index (κ1) is 15.5. The number of nitro groups is 1. The number of nitrogens with one attached hydrogen (secondary N) is 1. The van der Waals surface area contributed by atoms with E-state index < -0.39 is 46.3 Å². The number of cyclic esters (lactones) is 2. The Hall–Kier alpha value is -3.07. The lowest BCUT2D eigenvalue weighted by molar-refractivity contribution is -0.385. The molecule has 2 fully saturated rings. The highest BCUT2D eigenvalue weighted by molar-refractivity contribution is 6.00. The molecular weight excluding hydrogens is 332 g/mol. The molecule has 1 amide bonds. The number of hydrogen-bond donors (Lipinski definition) is 1. The second-order valence-electron chi connectivity index (χ2n) is 6.10. The molecule has 0 aliphatic carbocycles. The van der Waals surface area contributed by atoms with Gasteiger partial charge in [-0.15, -0.1) is 0 Å². The molecule has 9 nitrogen and oxygen atoms in total. The summed E-state index contributed by atoms with van der Waals surface area (Å²) in [4.78, 5) is 46.5. The van der Waals surface area contributed by atoms with Gasteiger partial charge in [0, 0.05) is 6.07 Å². The number of hydrogen-bond acceptors (Lipinski definition) is 7. The van der Waals surface area contributed by atoms with E-state index in [4.69, 9.17) is 4.74 Å². The third-order valence-corrected chi connectivity index (χ3v) is 4.76. The fraction of sp³-hybridized carbons (Fsp3) is 0.312. The molecule has 9 heteroatoms. The second-order valence-corrected chi connectivity index (χ2v) is 6.10. The Balaban J connectivity index is 1.55. The molecule has 0 radical (unpaired) electrons. The van der Waals surface area contributed by atoms with Gasteiger partial charge in [0.1, 0.15) is 23.0 Å². The van der Waals surface area contributed by atoms with Gasteiger partial charge in [-0.3, -0.25) is 24.5 Å². The van der Waals surface area contributed by atoms with Crippen molar-refractivity contribution in [1.29, 1.82) is 0 Å². The molecule has 128 valence electrons. The van der Waals surface area contributed by atoms with E-state index >= 15 is 0 Å². The van der Waals surface area contributed by atoms with Crippen LogP contribution in [0, 0.1) is 22.0 Å². The molecule has 2 bridgehead atoms. The number of carbonyl (C=O) groups is 3. The summed E-state index contributed by atoms with van der Waals surface area (Å²) in [5, 5.41) is 13.6. The topological polar surface area (TPSA) is 125 Å². The van der Waals surface area contributed by atoms with E-state index in [1.165, 1.54) is 24.3 Å². The number of nitro benzene ring substituents is 1. The van der Waals surface area contributed by atoms with Crippen LogP contribution in [0.2, 0.25) is 0 Å². The molecule has 3 heterocycles.